The van der Waals surface area contributed by atoms with Crippen molar-refractivity contribution in [2.45, 2.75) is 26.5 Å². The summed E-state index contributed by atoms with van der Waals surface area (Å²) in [6.07, 6.45) is 1.72. The predicted molar refractivity (Wildman–Crippen MR) is 176 cm³/mol. The maximum absolute atomic E-state index is 14.1. The number of nitro groups is 1. The van der Waals surface area contributed by atoms with Crippen LogP contribution in [-0.2, 0) is 16.1 Å². The van der Waals surface area contributed by atoms with Crippen molar-refractivity contribution in [3.05, 3.63) is 131 Å². The number of carbonyl (C=O) groups is 1. The van der Waals surface area contributed by atoms with Crippen LogP contribution in [0.2, 0.25) is 0 Å². The molecule has 43 heavy (non-hydrogen) atoms. The number of benzene rings is 3. The number of non-ortho nitro benzene ring substituents is 1. The Hall–Kier alpha value is -3.44. The van der Waals surface area contributed by atoms with Gasteiger partial charge in [0.2, 0.25) is 0 Å². The molecule has 0 aliphatic carbocycles. The molecule has 9 nitrogen and oxygen atoms in total. The van der Waals surface area contributed by atoms with Gasteiger partial charge in [-0.05, 0) is 94.4 Å². The van der Waals surface area contributed by atoms with Gasteiger partial charge in [-0.25, -0.2) is 14.2 Å². The summed E-state index contributed by atoms with van der Waals surface area (Å²) in [5.41, 5.74) is 1.49. The highest BCUT2D eigenvalue weighted by Gasteiger charge is 2.34. The fourth-order valence-corrected chi connectivity index (χ4v) is 7.81. The van der Waals surface area contributed by atoms with Crippen molar-refractivity contribution in [3.8, 4) is 5.75 Å². The monoisotopic (exact) mass is 825 g/mol. The summed E-state index contributed by atoms with van der Waals surface area (Å²) in [4.78, 5) is 42.9. The van der Waals surface area contributed by atoms with Gasteiger partial charge in [0.25, 0.3) is 11.2 Å². The van der Waals surface area contributed by atoms with Crippen LogP contribution < -0.4 is 19.6 Å². The van der Waals surface area contributed by atoms with Crippen LogP contribution in [0.5, 0.6) is 5.75 Å². The van der Waals surface area contributed by atoms with Crippen molar-refractivity contribution >= 4 is 74.3 Å². The van der Waals surface area contributed by atoms with Gasteiger partial charge >= 0.3 is 5.97 Å². The van der Waals surface area contributed by atoms with E-state index in [1.165, 1.54) is 28.8 Å². The van der Waals surface area contributed by atoms with Gasteiger partial charge in [0.1, 0.15) is 18.2 Å². The Balaban J connectivity index is 1.58. The number of esters is 1. The van der Waals surface area contributed by atoms with E-state index in [2.05, 4.69) is 50.2 Å². The molecule has 0 saturated carbocycles. The van der Waals surface area contributed by atoms with Crippen molar-refractivity contribution in [1.29, 1.82) is 0 Å². The molecule has 0 bridgehead atoms. The van der Waals surface area contributed by atoms with Crippen LogP contribution in [0.15, 0.2) is 81.7 Å². The number of thiazole rings is 1. The van der Waals surface area contributed by atoms with Crippen molar-refractivity contribution in [2.75, 3.05) is 6.61 Å². The first-order valence-corrected chi connectivity index (χ1v) is 15.9. The Morgan fingerprint density at radius 3 is 2.56 bits per heavy atom. The average molecular weight is 825 g/mol. The highest BCUT2D eigenvalue weighted by molar-refractivity contribution is 14.1. The lowest BCUT2D eigenvalue weighted by Crippen LogP contribution is -2.40. The Morgan fingerprint density at radius 2 is 1.88 bits per heavy atom. The van der Waals surface area contributed by atoms with Crippen LogP contribution in [0.3, 0.4) is 0 Å². The number of carbonyl (C=O) groups excluding carboxylic acids is 1. The van der Waals surface area contributed by atoms with Gasteiger partial charge in [0, 0.05) is 17.7 Å². The Morgan fingerprint density at radius 1 is 1.16 bits per heavy atom. The van der Waals surface area contributed by atoms with E-state index in [0.29, 0.717) is 31.9 Å². The first-order valence-electron chi connectivity index (χ1n) is 12.9. The number of hydrogen-bond acceptors (Lipinski definition) is 8. The topological polar surface area (TPSA) is 113 Å². The summed E-state index contributed by atoms with van der Waals surface area (Å²) >= 11 is 5.42. The molecule has 0 amide bonds. The summed E-state index contributed by atoms with van der Waals surface area (Å²) < 4.78 is 28.6. The third-order valence-corrected chi connectivity index (χ3v) is 9.15. The van der Waals surface area contributed by atoms with Gasteiger partial charge in [-0.15, -0.1) is 0 Å². The molecule has 4 aromatic rings. The van der Waals surface area contributed by atoms with Gasteiger partial charge in [-0.1, -0.05) is 41.7 Å². The van der Waals surface area contributed by atoms with E-state index in [0.717, 1.165) is 24.0 Å². The molecule has 0 spiro atoms. The largest absolute Gasteiger partial charge is 0.487 e. The number of fused-ring (bicyclic) bond motifs is 1. The van der Waals surface area contributed by atoms with Gasteiger partial charge in [0.05, 0.1) is 40.5 Å². The molecule has 0 saturated heterocycles. The molecule has 1 aliphatic rings. The minimum absolute atomic E-state index is 0.0659. The molecular weight excluding hydrogens is 803 g/mol. The molecule has 1 atom stereocenters. The number of allylic oxidation sites excluding steroid dienone is 1. The van der Waals surface area contributed by atoms with E-state index in [9.17, 15) is 24.1 Å². The number of nitro benzene ring substituents is 1. The van der Waals surface area contributed by atoms with Crippen LogP contribution >= 0.6 is 56.5 Å². The molecule has 0 radical (unpaired) electrons. The Kier molecular flexibility index (Phi) is 9.41. The minimum Gasteiger partial charge on any atom is -0.487 e. The second-order valence-electron chi connectivity index (χ2n) is 9.35. The summed E-state index contributed by atoms with van der Waals surface area (Å²) in [5, 5.41) is 11.5. The lowest BCUT2D eigenvalue weighted by atomic mass is 9.95. The van der Waals surface area contributed by atoms with E-state index in [1.54, 1.807) is 44.2 Å². The Bertz CT molecular complexity index is 1960. The zero-order chi connectivity index (χ0) is 30.8. The van der Waals surface area contributed by atoms with E-state index >= 15 is 0 Å². The SMILES string of the molecule is CCOC(=O)C1=C(C)N=c2s/c(=C/c3cc(I)c(OCc4ccccc4F)c(I)c3)c(=O)n2[C@H]1c1cccc([N+](=O)[O-])c1. The highest BCUT2D eigenvalue weighted by atomic mass is 127. The molecule has 13 heteroatoms. The second-order valence-corrected chi connectivity index (χ2v) is 12.7. The number of rotatable bonds is 8. The van der Waals surface area contributed by atoms with E-state index in [-0.39, 0.29) is 30.3 Å². The lowest BCUT2D eigenvalue weighted by Gasteiger charge is -2.24. The molecule has 0 N–H and O–H groups in total. The van der Waals surface area contributed by atoms with E-state index in [4.69, 9.17) is 9.47 Å². The molecule has 2 heterocycles. The smallest absolute Gasteiger partial charge is 0.338 e. The summed E-state index contributed by atoms with van der Waals surface area (Å²) in [5.74, 6) is -0.391. The zero-order valence-corrected chi connectivity index (χ0v) is 27.8. The minimum atomic E-state index is -0.966. The first-order chi connectivity index (χ1) is 20.6. The molecule has 0 unspecified atom stereocenters. The van der Waals surface area contributed by atoms with Gasteiger partial charge in [-0.2, -0.15) is 0 Å². The van der Waals surface area contributed by atoms with Crippen molar-refractivity contribution in [2.24, 2.45) is 4.99 Å². The molecule has 1 aromatic heterocycles. The van der Waals surface area contributed by atoms with Crippen molar-refractivity contribution in [1.82, 2.24) is 4.57 Å². The summed E-state index contributed by atoms with van der Waals surface area (Å²) in [6.45, 7) is 3.50. The van der Waals surface area contributed by atoms with Crippen molar-refractivity contribution in [3.63, 3.8) is 0 Å². The first kappa shape index (κ1) is 31.0. The maximum atomic E-state index is 14.1. The number of ether oxygens (including phenoxy) is 2. The van der Waals surface area contributed by atoms with Crippen LogP contribution in [0, 0.1) is 23.1 Å². The van der Waals surface area contributed by atoms with Gasteiger partial charge in [0.15, 0.2) is 4.80 Å². The highest BCUT2D eigenvalue weighted by Crippen LogP contribution is 2.33. The number of nitrogens with zero attached hydrogens (tertiary/aromatic N) is 3. The molecule has 1 aliphatic heterocycles. The van der Waals surface area contributed by atoms with Crippen LogP contribution in [-0.4, -0.2) is 22.1 Å². The van der Waals surface area contributed by atoms with Gasteiger partial charge < -0.3 is 9.47 Å². The number of aromatic nitrogens is 1. The fraction of sp³-hybridized carbons (Fsp3) is 0.167. The third-order valence-electron chi connectivity index (χ3n) is 6.56. The van der Waals surface area contributed by atoms with Crippen LogP contribution in [0.1, 0.15) is 36.6 Å². The van der Waals surface area contributed by atoms with Crippen LogP contribution in [0.4, 0.5) is 10.1 Å². The van der Waals surface area contributed by atoms with E-state index < -0.39 is 22.5 Å². The lowest BCUT2D eigenvalue weighted by molar-refractivity contribution is -0.384. The number of hydrogen-bond donors (Lipinski definition) is 0. The summed E-state index contributed by atoms with van der Waals surface area (Å²) in [7, 11) is 0. The van der Waals surface area contributed by atoms with Crippen LogP contribution in [0.25, 0.3) is 6.08 Å². The molecule has 5 rings (SSSR count). The van der Waals surface area contributed by atoms with Crippen molar-refractivity contribution < 1.29 is 23.6 Å². The zero-order valence-electron chi connectivity index (χ0n) is 22.7. The molecule has 0 fully saturated rings. The predicted octanol–water partition coefficient (Wildman–Crippen LogP) is 5.63. The normalized spacial score (nSPS) is 14.7. The fourth-order valence-electron chi connectivity index (χ4n) is 4.63. The number of halogens is 3. The van der Waals surface area contributed by atoms with Gasteiger partial charge in [-0.3, -0.25) is 19.5 Å². The van der Waals surface area contributed by atoms with E-state index in [1.807, 2.05) is 12.1 Å². The summed E-state index contributed by atoms with van der Waals surface area (Å²) in [6, 6.07) is 15.0. The maximum Gasteiger partial charge on any atom is 0.338 e. The standard InChI is InChI=1S/C30H22FI2N3O6S/c1-3-41-29(38)25-16(2)34-30-35(26(25)18-8-6-9-20(14-18)36(39)40)28(37)24(43-30)13-17-11-22(32)27(23(33)12-17)42-15-19-7-4-5-10-21(19)31/h4-14,26H,3,15H2,1-2H3/b24-13+/t26-/m0/s1. The third kappa shape index (κ3) is 6.43. The molecular formula is C30H22FI2N3O6S. The second kappa shape index (κ2) is 13.1. The quantitative estimate of drug-likeness (QED) is 0.0986. The average Bonchev–Trinajstić information content (AvgIpc) is 3.26. The molecule has 3 aromatic carbocycles. The Labute approximate surface area is 275 Å². The molecule has 220 valence electrons.